The Balaban J connectivity index is 1.51. The van der Waals surface area contributed by atoms with Crippen molar-refractivity contribution in [3.63, 3.8) is 0 Å². The highest BCUT2D eigenvalue weighted by Gasteiger charge is 2.06. The number of ether oxygens (including phenoxy) is 1. The molecule has 25 heavy (non-hydrogen) atoms. The van der Waals surface area contributed by atoms with E-state index >= 15 is 0 Å². The van der Waals surface area contributed by atoms with Crippen LogP contribution in [0.4, 0.5) is 0 Å². The van der Waals surface area contributed by atoms with E-state index < -0.39 is 0 Å². The molecular formula is C22H20O3. The molecule has 0 saturated heterocycles. The SMILES string of the molecule is O=C(OCCc1ccc(Cc2ccccc2O)cc1)c1ccccc1. The molecule has 0 radical (unpaired) electrons. The Morgan fingerprint density at radius 1 is 0.800 bits per heavy atom. The zero-order valence-corrected chi connectivity index (χ0v) is 13.9. The van der Waals surface area contributed by atoms with E-state index in [-0.39, 0.29) is 5.97 Å². The van der Waals surface area contributed by atoms with E-state index in [2.05, 4.69) is 0 Å². The Morgan fingerprint density at radius 2 is 1.44 bits per heavy atom. The van der Waals surface area contributed by atoms with E-state index in [1.165, 1.54) is 0 Å². The van der Waals surface area contributed by atoms with Gasteiger partial charge in [-0.3, -0.25) is 0 Å². The molecule has 3 nitrogen and oxygen atoms in total. The van der Waals surface area contributed by atoms with Crippen molar-refractivity contribution in [2.24, 2.45) is 0 Å². The fourth-order valence-corrected chi connectivity index (χ4v) is 2.62. The van der Waals surface area contributed by atoms with Crippen LogP contribution in [0.3, 0.4) is 0 Å². The summed E-state index contributed by atoms with van der Waals surface area (Å²) in [5.41, 5.74) is 3.72. The Bertz CT molecular complexity index is 823. The van der Waals surface area contributed by atoms with Crippen LogP contribution in [0.5, 0.6) is 5.75 Å². The van der Waals surface area contributed by atoms with Crippen LogP contribution >= 0.6 is 0 Å². The van der Waals surface area contributed by atoms with Gasteiger partial charge in [-0.1, -0.05) is 60.7 Å². The predicted octanol–water partition coefficient (Wildman–Crippen LogP) is 4.38. The maximum atomic E-state index is 11.9. The van der Waals surface area contributed by atoms with Crippen molar-refractivity contribution >= 4 is 5.97 Å². The molecule has 0 aliphatic carbocycles. The van der Waals surface area contributed by atoms with Crippen molar-refractivity contribution in [2.45, 2.75) is 12.8 Å². The highest BCUT2D eigenvalue weighted by molar-refractivity contribution is 5.89. The van der Waals surface area contributed by atoms with E-state index in [4.69, 9.17) is 4.74 Å². The predicted molar refractivity (Wildman–Crippen MR) is 97.8 cm³/mol. The summed E-state index contributed by atoms with van der Waals surface area (Å²) in [5.74, 6) is 0.0242. The van der Waals surface area contributed by atoms with Crippen LogP contribution in [-0.4, -0.2) is 17.7 Å². The first-order valence-corrected chi connectivity index (χ1v) is 8.29. The van der Waals surface area contributed by atoms with Crippen LogP contribution in [0.1, 0.15) is 27.0 Å². The van der Waals surface area contributed by atoms with E-state index in [1.54, 1.807) is 18.2 Å². The Kier molecular flexibility index (Phi) is 5.47. The molecule has 3 aromatic rings. The molecular weight excluding hydrogens is 312 g/mol. The fourth-order valence-electron chi connectivity index (χ4n) is 2.62. The summed E-state index contributed by atoms with van der Waals surface area (Å²) in [6.07, 6.45) is 1.37. The van der Waals surface area contributed by atoms with Gasteiger partial charge in [-0.25, -0.2) is 4.79 Å². The minimum atomic E-state index is -0.295. The third-order valence-corrected chi connectivity index (χ3v) is 4.04. The average Bonchev–Trinajstić information content (AvgIpc) is 2.65. The van der Waals surface area contributed by atoms with Crippen LogP contribution in [0.2, 0.25) is 0 Å². The van der Waals surface area contributed by atoms with Crippen molar-refractivity contribution in [1.82, 2.24) is 0 Å². The normalized spacial score (nSPS) is 10.4. The number of aromatic hydroxyl groups is 1. The Morgan fingerprint density at radius 3 is 2.16 bits per heavy atom. The van der Waals surface area contributed by atoms with E-state index in [0.717, 1.165) is 16.7 Å². The standard InChI is InChI=1S/C22H20O3/c23-21-9-5-4-8-20(21)16-18-12-10-17(11-13-18)14-15-25-22(24)19-6-2-1-3-7-19/h1-13,23H,14-16H2. The number of hydrogen-bond donors (Lipinski definition) is 1. The summed E-state index contributed by atoms with van der Waals surface area (Å²) in [6, 6.07) is 24.5. The fraction of sp³-hybridized carbons (Fsp3) is 0.136. The molecule has 0 amide bonds. The van der Waals surface area contributed by atoms with Crippen molar-refractivity contribution < 1.29 is 14.6 Å². The van der Waals surface area contributed by atoms with Gasteiger partial charge in [0.1, 0.15) is 5.75 Å². The lowest BCUT2D eigenvalue weighted by atomic mass is 10.0. The molecule has 0 atom stereocenters. The number of carbonyl (C=O) groups is 1. The molecule has 0 heterocycles. The number of benzene rings is 3. The summed E-state index contributed by atoms with van der Waals surface area (Å²) in [4.78, 5) is 11.9. The summed E-state index contributed by atoms with van der Waals surface area (Å²) in [5, 5.41) is 9.84. The van der Waals surface area contributed by atoms with Crippen LogP contribution < -0.4 is 0 Å². The van der Waals surface area contributed by atoms with E-state index in [1.807, 2.05) is 60.7 Å². The van der Waals surface area contributed by atoms with Crippen molar-refractivity contribution in [3.05, 3.63) is 101 Å². The van der Waals surface area contributed by atoms with Crippen LogP contribution in [-0.2, 0) is 17.6 Å². The zero-order chi connectivity index (χ0) is 17.5. The number of carbonyl (C=O) groups excluding carboxylic acids is 1. The number of rotatable bonds is 6. The molecule has 0 saturated carbocycles. The van der Waals surface area contributed by atoms with Gasteiger partial charge < -0.3 is 9.84 Å². The maximum Gasteiger partial charge on any atom is 0.338 e. The quantitative estimate of drug-likeness (QED) is 0.681. The second-order valence-electron chi connectivity index (χ2n) is 5.87. The molecule has 1 N–H and O–H groups in total. The number of phenolic OH excluding ortho intramolecular Hbond substituents is 1. The third-order valence-electron chi connectivity index (χ3n) is 4.04. The molecule has 0 bridgehead atoms. The van der Waals surface area contributed by atoms with Gasteiger partial charge in [0.2, 0.25) is 0 Å². The maximum absolute atomic E-state index is 11.9. The van der Waals surface area contributed by atoms with Crippen molar-refractivity contribution in [3.8, 4) is 5.75 Å². The van der Waals surface area contributed by atoms with Crippen molar-refractivity contribution in [2.75, 3.05) is 6.61 Å². The first-order valence-electron chi connectivity index (χ1n) is 8.29. The molecule has 0 unspecified atom stereocenters. The highest BCUT2D eigenvalue weighted by Crippen LogP contribution is 2.20. The smallest absolute Gasteiger partial charge is 0.338 e. The van der Waals surface area contributed by atoms with Gasteiger partial charge in [0.05, 0.1) is 12.2 Å². The molecule has 126 valence electrons. The summed E-state index contributed by atoms with van der Waals surface area (Å²) >= 11 is 0. The lowest BCUT2D eigenvalue weighted by Crippen LogP contribution is -2.08. The molecule has 0 aliphatic rings. The summed E-state index contributed by atoms with van der Waals surface area (Å²) in [6.45, 7) is 0.354. The van der Waals surface area contributed by atoms with Gasteiger partial charge in [0, 0.05) is 12.8 Å². The van der Waals surface area contributed by atoms with Crippen LogP contribution in [0, 0.1) is 0 Å². The topological polar surface area (TPSA) is 46.5 Å². The van der Waals surface area contributed by atoms with Crippen LogP contribution in [0.25, 0.3) is 0 Å². The first kappa shape index (κ1) is 16.8. The number of esters is 1. The summed E-state index contributed by atoms with van der Waals surface area (Å²) < 4.78 is 5.30. The molecule has 3 aromatic carbocycles. The second-order valence-corrected chi connectivity index (χ2v) is 5.87. The monoisotopic (exact) mass is 332 g/mol. The summed E-state index contributed by atoms with van der Waals surface area (Å²) in [7, 11) is 0. The van der Waals surface area contributed by atoms with E-state index in [9.17, 15) is 9.90 Å². The molecule has 0 aromatic heterocycles. The molecule has 3 rings (SSSR count). The van der Waals surface area contributed by atoms with Crippen LogP contribution in [0.15, 0.2) is 78.9 Å². The minimum absolute atomic E-state index is 0.295. The lowest BCUT2D eigenvalue weighted by Gasteiger charge is -2.07. The number of phenols is 1. The Hall–Kier alpha value is -3.07. The highest BCUT2D eigenvalue weighted by atomic mass is 16.5. The average molecular weight is 332 g/mol. The van der Waals surface area contributed by atoms with E-state index in [0.29, 0.717) is 30.8 Å². The number of para-hydroxylation sites is 1. The Labute approximate surface area is 147 Å². The largest absolute Gasteiger partial charge is 0.508 e. The lowest BCUT2D eigenvalue weighted by molar-refractivity contribution is 0.0509. The molecule has 0 spiro atoms. The minimum Gasteiger partial charge on any atom is -0.508 e. The zero-order valence-electron chi connectivity index (χ0n) is 13.9. The van der Waals surface area contributed by atoms with Crippen molar-refractivity contribution in [1.29, 1.82) is 0 Å². The first-order chi connectivity index (χ1) is 12.2. The van der Waals surface area contributed by atoms with Gasteiger partial charge in [-0.05, 0) is 34.9 Å². The second kappa shape index (κ2) is 8.15. The number of hydrogen-bond acceptors (Lipinski definition) is 3. The van der Waals surface area contributed by atoms with Gasteiger partial charge >= 0.3 is 5.97 Å². The third kappa shape index (κ3) is 4.70. The van der Waals surface area contributed by atoms with Gasteiger partial charge in [-0.15, -0.1) is 0 Å². The van der Waals surface area contributed by atoms with Gasteiger partial charge in [-0.2, -0.15) is 0 Å². The van der Waals surface area contributed by atoms with Gasteiger partial charge in [0.15, 0.2) is 0 Å². The molecule has 3 heteroatoms. The molecule has 0 fully saturated rings. The molecule has 0 aliphatic heterocycles. The van der Waals surface area contributed by atoms with Gasteiger partial charge in [0.25, 0.3) is 0 Å².